The highest BCUT2D eigenvalue weighted by molar-refractivity contribution is 5.92. The Hall–Kier alpha value is -1.64. The Balaban J connectivity index is 1.80. The smallest absolute Gasteiger partial charge is 0.160 e. The third-order valence-corrected chi connectivity index (χ3v) is 6.36. The number of aromatic nitrogens is 1. The van der Waals surface area contributed by atoms with Gasteiger partial charge in [0.05, 0.1) is 5.54 Å². The Bertz CT molecular complexity index is 638. The third kappa shape index (κ3) is 2.32. The number of rotatable bonds is 1. The van der Waals surface area contributed by atoms with E-state index in [4.69, 9.17) is 0 Å². The van der Waals surface area contributed by atoms with Gasteiger partial charge in [-0.05, 0) is 68.6 Å². The number of hydrogen-bond acceptors (Lipinski definition) is 3. The van der Waals surface area contributed by atoms with Crippen molar-refractivity contribution in [3.8, 4) is 0 Å². The van der Waals surface area contributed by atoms with Gasteiger partial charge < -0.3 is 4.90 Å². The van der Waals surface area contributed by atoms with E-state index < -0.39 is 0 Å². The molecule has 0 spiro atoms. The highest BCUT2D eigenvalue weighted by atomic mass is 16.1. The minimum atomic E-state index is -0.138. The van der Waals surface area contributed by atoms with Crippen LogP contribution in [0.4, 0.5) is 0 Å². The highest BCUT2D eigenvalue weighted by Crippen LogP contribution is 2.52. The summed E-state index contributed by atoms with van der Waals surface area (Å²) >= 11 is 0. The van der Waals surface area contributed by atoms with Crippen molar-refractivity contribution >= 4 is 5.78 Å². The van der Waals surface area contributed by atoms with Gasteiger partial charge in [0.2, 0.25) is 0 Å². The summed E-state index contributed by atoms with van der Waals surface area (Å²) in [5.74, 6) is 1.91. The molecule has 4 unspecified atom stereocenters. The van der Waals surface area contributed by atoms with E-state index >= 15 is 0 Å². The van der Waals surface area contributed by atoms with Crippen LogP contribution in [-0.2, 0) is 10.3 Å². The molecule has 1 aliphatic carbocycles. The standard InChI is InChI=1S/C20H26N2O/c1-14-3-4-19-16(11-14)5-8-20(17-6-9-21-10-7-17)13-18(23)12-15(2)22(19)20/h6-7,9-10,12,14,16,19H,3-5,8,11,13H2,1-2H3. The quantitative estimate of drug-likeness (QED) is 0.784. The van der Waals surface area contributed by atoms with Crippen molar-refractivity contribution in [1.29, 1.82) is 0 Å². The zero-order valence-corrected chi connectivity index (χ0v) is 14.2. The van der Waals surface area contributed by atoms with Crippen LogP contribution in [0.1, 0.15) is 57.9 Å². The number of fused-ring (bicyclic) bond motifs is 3. The Morgan fingerprint density at radius 2 is 2.00 bits per heavy atom. The molecule has 2 fully saturated rings. The van der Waals surface area contributed by atoms with E-state index in [9.17, 15) is 4.79 Å². The molecule has 1 saturated heterocycles. The molecule has 0 amide bonds. The maximum atomic E-state index is 12.4. The van der Waals surface area contributed by atoms with Crippen LogP contribution in [0, 0.1) is 11.8 Å². The average molecular weight is 310 g/mol. The van der Waals surface area contributed by atoms with Gasteiger partial charge in [-0.3, -0.25) is 9.78 Å². The second-order valence-electron chi connectivity index (χ2n) is 7.85. The largest absolute Gasteiger partial charge is 0.361 e. The number of carbonyl (C=O) groups excluding carboxylic acids is 1. The molecule has 122 valence electrons. The molecule has 4 atom stereocenters. The van der Waals surface area contributed by atoms with Crippen LogP contribution in [0.25, 0.3) is 0 Å². The lowest BCUT2D eigenvalue weighted by molar-refractivity contribution is -0.123. The summed E-state index contributed by atoms with van der Waals surface area (Å²) in [4.78, 5) is 19.2. The molecule has 0 bridgehead atoms. The summed E-state index contributed by atoms with van der Waals surface area (Å²) in [5.41, 5.74) is 2.30. The van der Waals surface area contributed by atoms with Crippen molar-refractivity contribution in [2.24, 2.45) is 11.8 Å². The predicted molar refractivity (Wildman–Crippen MR) is 90.7 cm³/mol. The van der Waals surface area contributed by atoms with E-state index in [1.165, 1.54) is 36.9 Å². The maximum Gasteiger partial charge on any atom is 0.160 e. The number of carbonyl (C=O) groups is 1. The summed E-state index contributed by atoms with van der Waals surface area (Å²) in [6, 6.07) is 4.83. The molecule has 2 aliphatic heterocycles. The van der Waals surface area contributed by atoms with Crippen LogP contribution in [0.5, 0.6) is 0 Å². The van der Waals surface area contributed by atoms with Gasteiger partial charge in [-0.15, -0.1) is 0 Å². The van der Waals surface area contributed by atoms with Gasteiger partial charge in [-0.1, -0.05) is 6.92 Å². The first-order valence-corrected chi connectivity index (χ1v) is 9.01. The molecule has 3 heteroatoms. The van der Waals surface area contributed by atoms with Crippen molar-refractivity contribution < 1.29 is 4.79 Å². The summed E-state index contributed by atoms with van der Waals surface area (Å²) in [5, 5.41) is 0. The van der Waals surface area contributed by atoms with Crippen molar-refractivity contribution in [2.45, 2.75) is 64.0 Å². The minimum absolute atomic E-state index is 0.138. The van der Waals surface area contributed by atoms with Crippen molar-refractivity contribution in [3.63, 3.8) is 0 Å². The molecule has 23 heavy (non-hydrogen) atoms. The summed E-state index contributed by atoms with van der Waals surface area (Å²) < 4.78 is 0. The molecular weight excluding hydrogens is 284 g/mol. The topological polar surface area (TPSA) is 33.2 Å². The van der Waals surface area contributed by atoms with Gasteiger partial charge in [0.1, 0.15) is 0 Å². The second-order valence-corrected chi connectivity index (χ2v) is 7.85. The molecule has 3 aliphatic rings. The van der Waals surface area contributed by atoms with Crippen molar-refractivity contribution in [3.05, 3.63) is 41.9 Å². The Morgan fingerprint density at radius 3 is 2.78 bits per heavy atom. The van der Waals surface area contributed by atoms with Gasteiger partial charge in [-0.25, -0.2) is 0 Å². The molecule has 0 N–H and O–H groups in total. The molecular formula is C20H26N2O. The third-order valence-electron chi connectivity index (χ3n) is 6.36. The SMILES string of the molecule is CC1=CC(=O)CC2(c3ccncc3)CCC3CC(C)CCC3N12. The van der Waals surface area contributed by atoms with E-state index in [1.54, 1.807) is 0 Å². The number of pyridine rings is 1. The van der Waals surface area contributed by atoms with E-state index in [2.05, 4.69) is 35.9 Å². The van der Waals surface area contributed by atoms with Gasteiger partial charge in [0.25, 0.3) is 0 Å². The molecule has 3 nitrogen and oxygen atoms in total. The molecule has 0 aromatic carbocycles. The Labute approximate surface area is 138 Å². The number of nitrogens with zero attached hydrogens (tertiary/aromatic N) is 2. The molecule has 1 aromatic rings. The average Bonchev–Trinajstić information content (AvgIpc) is 2.55. The minimum Gasteiger partial charge on any atom is -0.361 e. The lowest BCUT2D eigenvalue weighted by Crippen LogP contribution is -2.60. The fraction of sp³-hybridized carbons (Fsp3) is 0.600. The number of hydrogen-bond donors (Lipinski definition) is 0. The molecule has 3 heterocycles. The van der Waals surface area contributed by atoms with Crippen molar-refractivity contribution in [2.75, 3.05) is 0 Å². The molecule has 1 saturated carbocycles. The van der Waals surface area contributed by atoms with E-state index in [0.29, 0.717) is 12.5 Å². The van der Waals surface area contributed by atoms with Gasteiger partial charge in [0.15, 0.2) is 5.78 Å². The lowest BCUT2D eigenvalue weighted by Gasteiger charge is -2.59. The van der Waals surface area contributed by atoms with E-state index in [0.717, 1.165) is 18.3 Å². The normalized spacial score (nSPS) is 37.0. The molecule has 0 radical (unpaired) electrons. The van der Waals surface area contributed by atoms with E-state index in [-0.39, 0.29) is 11.3 Å². The first kappa shape index (κ1) is 14.9. The van der Waals surface area contributed by atoms with Crippen LogP contribution in [0.3, 0.4) is 0 Å². The van der Waals surface area contributed by atoms with E-state index in [1.807, 2.05) is 18.5 Å². The highest BCUT2D eigenvalue weighted by Gasteiger charge is 2.51. The summed E-state index contributed by atoms with van der Waals surface area (Å²) in [6.45, 7) is 4.52. The number of ketones is 1. The lowest BCUT2D eigenvalue weighted by atomic mass is 9.65. The summed E-state index contributed by atoms with van der Waals surface area (Å²) in [6.07, 6.45) is 12.5. The van der Waals surface area contributed by atoms with Gasteiger partial charge >= 0.3 is 0 Å². The fourth-order valence-corrected chi connectivity index (χ4v) is 5.46. The predicted octanol–water partition coefficient (Wildman–Crippen LogP) is 4.05. The van der Waals surface area contributed by atoms with Crippen LogP contribution in [0.15, 0.2) is 36.3 Å². The van der Waals surface area contributed by atoms with Crippen LogP contribution in [0.2, 0.25) is 0 Å². The molecule has 4 rings (SSSR count). The van der Waals surface area contributed by atoms with Gasteiger partial charge in [0, 0.05) is 36.6 Å². The number of allylic oxidation sites excluding steroid dienone is 2. The van der Waals surface area contributed by atoms with Crippen LogP contribution in [-0.4, -0.2) is 21.7 Å². The first-order chi connectivity index (χ1) is 11.1. The van der Waals surface area contributed by atoms with Crippen LogP contribution >= 0.6 is 0 Å². The second kappa shape index (κ2) is 5.47. The number of piperidine rings is 1. The Morgan fingerprint density at radius 1 is 1.22 bits per heavy atom. The summed E-state index contributed by atoms with van der Waals surface area (Å²) in [7, 11) is 0. The monoisotopic (exact) mass is 310 g/mol. The Kier molecular flexibility index (Phi) is 3.55. The van der Waals surface area contributed by atoms with Gasteiger partial charge in [-0.2, -0.15) is 0 Å². The molecule has 1 aromatic heterocycles. The first-order valence-electron chi connectivity index (χ1n) is 9.01. The van der Waals surface area contributed by atoms with Crippen LogP contribution < -0.4 is 0 Å². The maximum absolute atomic E-state index is 12.4. The zero-order chi connectivity index (χ0) is 16.0. The zero-order valence-electron chi connectivity index (χ0n) is 14.2. The van der Waals surface area contributed by atoms with Crippen molar-refractivity contribution in [1.82, 2.24) is 9.88 Å². The fourth-order valence-electron chi connectivity index (χ4n) is 5.46.